The molecule has 16 heavy (non-hydrogen) atoms. The normalized spacial score (nSPS) is 12.2. The quantitative estimate of drug-likeness (QED) is 0.753. The SMILES string of the molecule is COc1cc(Cl)c(F)c(C(O)C(=O)O)c1O. The number of aliphatic carboxylic acids is 1. The molecule has 0 aliphatic rings. The largest absolute Gasteiger partial charge is 0.504 e. The van der Waals surface area contributed by atoms with Crippen LogP contribution in [0.4, 0.5) is 4.39 Å². The zero-order chi connectivity index (χ0) is 12.5. The summed E-state index contributed by atoms with van der Waals surface area (Å²) >= 11 is 5.45. The van der Waals surface area contributed by atoms with E-state index in [4.69, 9.17) is 16.7 Å². The second kappa shape index (κ2) is 4.54. The fourth-order valence-corrected chi connectivity index (χ4v) is 1.34. The van der Waals surface area contributed by atoms with Gasteiger partial charge in [0.1, 0.15) is 0 Å². The molecule has 0 aliphatic carbocycles. The van der Waals surface area contributed by atoms with Gasteiger partial charge in [0.2, 0.25) is 0 Å². The van der Waals surface area contributed by atoms with E-state index in [0.29, 0.717) is 0 Å². The number of rotatable bonds is 3. The average molecular weight is 251 g/mol. The van der Waals surface area contributed by atoms with Gasteiger partial charge in [0.25, 0.3) is 0 Å². The molecular weight excluding hydrogens is 243 g/mol. The number of hydrogen-bond acceptors (Lipinski definition) is 4. The van der Waals surface area contributed by atoms with E-state index in [1.807, 2.05) is 0 Å². The lowest BCUT2D eigenvalue weighted by atomic mass is 10.1. The smallest absolute Gasteiger partial charge is 0.337 e. The van der Waals surface area contributed by atoms with Gasteiger partial charge >= 0.3 is 5.97 Å². The minimum absolute atomic E-state index is 0.221. The van der Waals surface area contributed by atoms with E-state index in [1.165, 1.54) is 7.11 Å². The Morgan fingerprint density at radius 1 is 1.62 bits per heavy atom. The first-order chi connectivity index (χ1) is 7.40. The van der Waals surface area contributed by atoms with E-state index < -0.39 is 34.2 Å². The molecule has 0 saturated carbocycles. The minimum atomic E-state index is -2.22. The van der Waals surface area contributed by atoms with Crippen molar-refractivity contribution >= 4 is 17.6 Å². The number of aliphatic hydroxyl groups excluding tert-OH is 1. The molecule has 1 unspecified atom stereocenters. The summed E-state index contributed by atoms with van der Waals surface area (Å²) in [5.41, 5.74) is -0.822. The lowest BCUT2D eigenvalue weighted by Crippen LogP contribution is -2.13. The molecule has 0 bridgehead atoms. The van der Waals surface area contributed by atoms with Gasteiger partial charge in [-0.05, 0) is 0 Å². The van der Waals surface area contributed by atoms with E-state index in [-0.39, 0.29) is 5.75 Å². The highest BCUT2D eigenvalue weighted by Gasteiger charge is 2.28. The number of carboxylic acids is 1. The summed E-state index contributed by atoms with van der Waals surface area (Å²) in [6, 6.07) is 0.976. The van der Waals surface area contributed by atoms with E-state index in [2.05, 4.69) is 4.74 Å². The summed E-state index contributed by atoms with van der Waals surface area (Å²) in [7, 11) is 1.18. The van der Waals surface area contributed by atoms with Crippen LogP contribution in [0.15, 0.2) is 6.07 Å². The highest BCUT2D eigenvalue weighted by Crippen LogP contribution is 2.39. The minimum Gasteiger partial charge on any atom is -0.504 e. The Morgan fingerprint density at radius 2 is 2.19 bits per heavy atom. The van der Waals surface area contributed by atoms with Crippen LogP contribution in [0.3, 0.4) is 0 Å². The molecule has 3 N–H and O–H groups in total. The number of ether oxygens (including phenoxy) is 1. The van der Waals surface area contributed by atoms with Crippen molar-refractivity contribution in [2.24, 2.45) is 0 Å². The van der Waals surface area contributed by atoms with Crippen LogP contribution >= 0.6 is 11.6 Å². The van der Waals surface area contributed by atoms with Gasteiger partial charge < -0.3 is 20.1 Å². The number of aromatic hydroxyl groups is 1. The van der Waals surface area contributed by atoms with Crippen molar-refractivity contribution < 1.29 is 29.2 Å². The summed E-state index contributed by atoms with van der Waals surface area (Å²) in [6.45, 7) is 0. The predicted molar refractivity (Wildman–Crippen MR) is 52.2 cm³/mol. The number of methoxy groups -OCH3 is 1. The molecule has 0 saturated heterocycles. The average Bonchev–Trinajstić information content (AvgIpc) is 2.23. The van der Waals surface area contributed by atoms with Crippen LogP contribution in [0.25, 0.3) is 0 Å². The number of aliphatic hydroxyl groups is 1. The first-order valence-electron chi connectivity index (χ1n) is 4.05. The van der Waals surface area contributed by atoms with Crippen molar-refractivity contribution in [3.05, 3.63) is 22.5 Å². The zero-order valence-electron chi connectivity index (χ0n) is 8.07. The van der Waals surface area contributed by atoms with Gasteiger partial charge in [-0.15, -0.1) is 0 Å². The Kier molecular flexibility index (Phi) is 3.56. The van der Waals surface area contributed by atoms with Crippen molar-refractivity contribution in [1.29, 1.82) is 0 Å². The molecule has 7 heteroatoms. The molecule has 0 aliphatic heterocycles. The van der Waals surface area contributed by atoms with Crippen molar-refractivity contribution in [2.75, 3.05) is 7.11 Å². The maximum atomic E-state index is 13.4. The number of phenols is 1. The van der Waals surface area contributed by atoms with Crippen LogP contribution in [-0.2, 0) is 4.79 Å². The molecule has 0 radical (unpaired) electrons. The van der Waals surface area contributed by atoms with Gasteiger partial charge in [-0.25, -0.2) is 9.18 Å². The second-order valence-electron chi connectivity index (χ2n) is 2.88. The maximum Gasteiger partial charge on any atom is 0.337 e. The molecule has 0 amide bonds. The molecule has 0 fully saturated rings. The van der Waals surface area contributed by atoms with E-state index in [1.54, 1.807) is 0 Å². The molecule has 1 aromatic rings. The highest BCUT2D eigenvalue weighted by atomic mass is 35.5. The number of phenolic OH excluding ortho intramolecular Hbond substituents is 1. The number of carbonyl (C=O) groups is 1. The van der Waals surface area contributed by atoms with Crippen LogP contribution in [0, 0.1) is 5.82 Å². The van der Waals surface area contributed by atoms with Gasteiger partial charge in [-0.3, -0.25) is 0 Å². The molecule has 1 rings (SSSR count). The van der Waals surface area contributed by atoms with E-state index in [0.717, 1.165) is 6.07 Å². The van der Waals surface area contributed by atoms with Crippen LogP contribution in [0.5, 0.6) is 11.5 Å². The summed E-state index contributed by atoms with van der Waals surface area (Å²) < 4.78 is 18.1. The zero-order valence-corrected chi connectivity index (χ0v) is 8.82. The van der Waals surface area contributed by atoms with Crippen molar-refractivity contribution in [2.45, 2.75) is 6.10 Å². The van der Waals surface area contributed by atoms with Gasteiger partial charge in [0.05, 0.1) is 17.7 Å². The Morgan fingerprint density at radius 3 is 2.62 bits per heavy atom. The first-order valence-corrected chi connectivity index (χ1v) is 4.43. The molecule has 88 valence electrons. The Hall–Kier alpha value is -1.53. The first kappa shape index (κ1) is 12.5. The molecule has 0 spiro atoms. The summed E-state index contributed by atoms with van der Waals surface area (Å²) in [6.07, 6.45) is -2.22. The summed E-state index contributed by atoms with van der Waals surface area (Å²) in [5.74, 6) is -3.92. The third kappa shape index (κ3) is 2.02. The number of carboxylic acid groups (broad SMARTS) is 1. The molecule has 0 aromatic heterocycles. The second-order valence-corrected chi connectivity index (χ2v) is 3.28. The van der Waals surface area contributed by atoms with Gasteiger partial charge in [-0.2, -0.15) is 0 Å². The van der Waals surface area contributed by atoms with Crippen molar-refractivity contribution in [1.82, 2.24) is 0 Å². The Bertz CT molecular complexity index is 434. The van der Waals surface area contributed by atoms with Crippen LogP contribution in [0.1, 0.15) is 11.7 Å². The number of hydrogen-bond donors (Lipinski definition) is 3. The van der Waals surface area contributed by atoms with E-state index >= 15 is 0 Å². The lowest BCUT2D eigenvalue weighted by molar-refractivity contribution is -0.147. The Balaban J connectivity index is 3.47. The fourth-order valence-electron chi connectivity index (χ4n) is 1.14. The van der Waals surface area contributed by atoms with Gasteiger partial charge in [-0.1, -0.05) is 11.6 Å². The standard InChI is InChI=1S/C9H8ClFO5/c1-16-4-2-3(10)6(11)5(7(4)12)8(13)9(14)15/h2,8,12-13H,1H3,(H,14,15). The van der Waals surface area contributed by atoms with Gasteiger partial charge in [0, 0.05) is 6.07 Å². The van der Waals surface area contributed by atoms with Crippen molar-refractivity contribution in [3.63, 3.8) is 0 Å². The van der Waals surface area contributed by atoms with Crippen LogP contribution in [0.2, 0.25) is 5.02 Å². The lowest BCUT2D eigenvalue weighted by Gasteiger charge is -2.13. The summed E-state index contributed by atoms with van der Waals surface area (Å²) in [4.78, 5) is 10.5. The number of halogens is 2. The van der Waals surface area contributed by atoms with Crippen molar-refractivity contribution in [3.8, 4) is 11.5 Å². The number of benzene rings is 1. The third-order valence-electron chi connectivity index (χ3n) is 1.92. The van der Waals surface area contributed by atoms with Gasteiger partial charge in [0.15, 0.2) is 23.4 Å². The fraction of sp³-hybridized carbons (Fsp3) is 0.222. The summed E-state index contributed by atoms with van der Waals surface area (Å²) in [5, 5.41) is 26.7. The Labute approximate surface area is 94.7 Å². The van der Waals surface area contributed by atoms with Crippen LogP contribution < -0.4 is 4.74 Å². The highest BCUT2D eigenvalue weighted by molar-refractivity contribution is 6.31. The molecular formula is C9H8ClFO5. The predicted octanol–water partition coefficient (Wildman–Crippen LogP) is 1.31. The monoisotopic (exact) mass is 250 g/mol. The third-order valence-corrected chi connectivity index (χ3v) is 2.19. The molecule has 5 nitrogen and oxygen atoms in total. The topological polar surface area (TPSA) is 87.0 Å². The van der Waals surface area contributed by atoms with E-state index in [9.17, 15) is 19.4 Å². The molecule has 1 aromatic carbocycles. The maximum absolute atomic E-state index is 13.4. The molecule has 1 atom stereocenters. The molecule has 0 heterocycles. The van der Waals surface area contributed by atoms with Crippen LogP contribution in [-0.4, -0.2) is 28.4 Å².